The summed E-state index contributed by atoms with van der Waals surface area (Å²) in [5, 5.41) is 12.5. The van der Waals surface area contributed by atoms with Crippen molar-refractivity contribution in [1.29, 1.82) is 5.26 Å². The molecule has 0 bridgehead atoms. The number of hydrogen-bond donors (Lipinski definition) is 1. The predicted octanol–water partition coefficient (Wildman–Crippen LogP) is 4.76. The Bertz CT molecular complexity index is 633. The smallest absolute Gasteiger partial charge is 0.263 e. The van der Waals surface area contributed by atoms with E-state index in [1.807, 2.05) is 0 Å². The minimum absolute atomic E-state index is 0.00999. The summed E-state index contributed by atoms with van der Waals surface area (Å²) in [6.07, 6.45) is -2.47. The van der Waals surface area contributed by atoms with Gasteiger partial charge in [-0.3, -0.25) is 0 Å². The van der Waals surface area contributed by atoms with Crippen LogP contribution in [0.15, 0.2) is 42.5 Å². The van der Waals surface area contributed by atoms with Gasteiger partial charge in [-0.25, -0.2) is 8.78 Å². The molecule has 2 aromatic carbocycles. The zero-order chi connectivity index (χ0) is 14.5. The van der Waals surface area contributed by atoms with E-state index in [2.05, 4.69) is 11.4 Å². The molecule has 0 heterocycles. The number of anilines is 1. The summed E-state index contributed by atoms with van der Waals surface area (Å²) >= 11 is 6.03. The van der Waals surface area contributed by atoms with Crippen LogP contribution in [-0.4, -0.2) is 0 Å². The van der Waals surface area contributed by atoms with E-state index >= 15 is 0 Å². The molecule has 0 aliphatic carbocycles. The molecule has 2 nitrogen and oxygen atoms in total. The van der Waals surface area contributed by atoms with Crippen LogP contribution < -0.4 is 5.32 Å². The van der Waals surface area contributed by atoms with Gasteiger partial charge in [-0.2, -0.15) is 5.26 Å². The van der Waals surface area contributed by atoms with Gasteiger partial charge in [0.05, 0.1) is 16.3 Å². The van der Waals surface area contributed by atoms with Gasteiger partial charge in [0, 0.05) is 12.1 Å². The summed E-state index contributed by atoms with van der Waals surface area (Å²) in [5.41, 5.74) is 1.82. The molecular weight excluding hydrogens is 282 g/mol. The van der Waals surface area contributed by atoms with Crippen LogP contribution in [0.25, 0.3) is 0 Å². The zero-order valence-corrected chi connectivity index (χ0v) is 11.2. The number of para-hydroxylation sites is 1. The van der Waals surface area contributed by atoms with E-state index in [0.29, 0.717) is 22.8 Å². The first-order chi connectivity index (χ1) is 9.61. The quantitative estimate of drug-likeness (QED) is 0.882. The summed E-state index contributed by atoms with van der Waals surface area (Å²) in [4.78, 5) is 0. The molecule has 0 saturated carbocycles. The van der Waals surface area contributed by atoms with E-state index in [4.69, 9.17) is 16.9 Å². The van der Waals surface area contributed by atoms with Gasteiger partial charge in [-0.05, 0) is 17.7 Å². The Labute approximate surface area is 120 Å². The van der Waals surface area contributed by atoms with E-state index in [0.717, 1.165) is 5.56 Å². The van der Waals surface area contributed by atoms with Crippen LogP contribution in [0.4, 0.5) is 14.5 Å². The van der Waals surface area contributed by atoms with Gasteiger partial charge in [-0.15, -0.1) is 0 Å². The number of nitrogens with one attached hydrogen (secondary N) is 1. The molecule has 0 saturated heterocycles. The molecule has 0 aromatic heterocycles. The molecule has 0 fully saturated rings. The lowest BCUT2D eigenvalue weighted by Crippen LogP contribution is -2.02. The lowest BCUT2D eigenvalue weighted by Gasteiger charge is -2.10. The maximum absolute atomic E-state index is 12.4. The maximum Gasteiger partial charge on any atom is 0.263 e. The Balaban J connectivity index is 2.11. The second-order valence-corrected chi connectivity index (χ2v) is 4.58. The Kier molecular flexibility index (Phi) is 4.54. The Morgan fingerprint density at radius 1 is 1.15 bits per heavy atom. The molecule has 1 N–H and O–H groups in total. The molecule has 2 rings (SSSR count). The molecule has 0 aliphatic rings. The molecule has 5 heteroatoms. The molecule has 102 valence electrons. The average Bonchev–Trinajstić information content (AvgIpc) is 2.46. The van der Waals surface area contributed by atoms with E-state index in [1.165, 1.54) is 12.1 Å². The van der Waals surface area contributed by atoms with Gasteiger partial charge in [0.1, 0.15) is 6.07 Å². The first-order valence-electron chi connectivity index (χ1n) is 5.91. The van der Waals surface area contributed by atoms with Crippen molar-refractivity contribution in [2.45, 2.75) is 13.0 Å². The first-order valence-corrected chi connectivity index (χ1v) is 6.29. The maximum atomic E-state index is 12.4. The molecule has 0 atom stereocenters. The molecule has 0 unspecified atom stereocenters. The summed E-state index contributed by atoms with van der Waals surface area (Å²) in [6.45, 7) is 0.405. The Morgan fingerprint density at radius 2 is 1.85 bits per heavy atom. The third-order valence-corrected chi connectivity index (χ3v) is 3.15. The molecule has 2 aromatic rings. The van der Waals surface area contributed by atoms with Crippen LogP contribution in [0.5, 0.6) is 0 Å². The number of benzene rings is 2. The van der Waals surface area contributed by atoms with Gasteiger partial charge in [-0.1, -0.05) is 41.9 Å². The van der Waals surface area contributed by atoms with Crippen molar-refractivity contribution in [3.8, 4) is 6.07 Å². The van der Waals surface area contributed by atoms with Gasteiger partial charge < -0.3 is 5.32 Å². The van der Waals surface area contributed by atoms with Crippen LogP contribution in [0, 0.1) is 11.3 Å². The molecule has 0 amide bonds. The SMILES string of the molecule is N#Cc1cccc(Cl)c1NCc1ccc(C(F)F)cc1. The number of halogens is 3. The van der Waals surface area contributed by atoms with Crippen molar-refractivity contribution >= 4 is 17.3 Å². The Morgan fingerprint density at radius 3 is 2.45 bits per heavy atom. The van der Waals surface area contributed by atoms with Crippen molar-refractivity contribution < 1.29 is 8.78 Å². The van der Waals surface area contributed by atoms with Crippen LogP contribution in [0.3, 0.4) is 0 Å². The van der Waals surface area contributed by atoms with Crippen molar-refractivity contribution in [3.05, 3.63) is 64.2 Å². The molecular formula is C15H11ClF2N2. The third kappa shape index (κ3) is 3.25. The van der Waals surface area contributed by atoms with Crippen molar-refractivity contribution in [1.82, 2.24) is 0 Å². The highest BCUT2D eigenvalue weighted by Crippen LogP contribution is 2.26. The van der Waals surface area contributed by atoms with Crippen LogP contribution in [-0.2, 0) is 6.54 Å². The molecule has 0 aliphatic heterocycles. The van der Waals surface area contributed by atoms with Crippen molar-refractivity contribution in [3.63, 3.8) is 0 Å². The number of nitriles is 1. The number of rotatable bonds is 4. The standard InChI is InChI=1S/C15H11ClF2N2/c16-13-3-1-2-12(8-19)14(13)20-9-10-4-6-11(7-5-10)15(17)18/h1-7,15,20H,9H2. The lowest BCUT2D eigenvalue weighted by atomic mass is 10.1. The first kappa shape index (κ1) is 14.3. The fraction of sp³-hybridized carbons (Fsp3) is 0.133. The highest BCUT2D eigenvalue weighted by molar-refractivity contribution is 6.33. The number of alkyl halides is 2. The van der Waals surface area contributed by atoms with Gasteiger partial charge in [0.2, 0.25) is 0 Å². The van der Waals surface area contributed by atoms with Gasteiger partial charge in [0.15, 0.2) is 0 Å². The van der Waals surface area contributed by atoms with Crippen LogP contribution in [0.2, 0.25) is 5.02 Å². The van der Waals surface area contributed by atoms with Crippen molar-refractivity contribution in [2.24, 2.45) is 0 Å². The van der Waals surface area contributed by atoms with E-state index in [9.17, 15) is 8.78 Å². The average molecular weight is 293 g/mol. The monoisotopic (exact) mass is 292 g/mol. The van der Waals surface area contributed by atoms with Crippen LogP contribution in [0.1, 0.15) is 23.1 Å². The van der Waals surface area contributed by atoms with Gasteiger partial charge >= 0.3 is 0 Å². The van der Waals surface area contributed by atoms with Gasteiger partial charge in [0.25, 0.3) is 6.43 Å². The van der Waals surface area contributed by atoms with Crippen molar-refractivity contribution in [2.75, 3.05) is 5.32 Å². The largest absolute Gasteiger partial charge is 0.379 e. The fourth-order valence-electron chi connectivity index (χ4n) is 1.77. The lowest BCUT2D eigenvalue weighted by molar-refractivity contribution is 0.151. The molecule has 0 radical (unpaired) electrons. The highest BCUT2D eigenvalue weighted by Gasteiger charge is 2.08. The van der Waals surface area contributed by atoms with E-state index < -0.39 is 6.43 Å². The fourth-order valence-corrected chi connectivity index (χ4v) is 2.01. The summed E-state index contributed by atoms with van der Waals surface area (Å²) < 4.78 is 24.9. The summed E-state index contributed by atoms with van der Waals surface area (Å²) in [7, 11) is 0. The Hall–Kier alpha value is -2.12. The second kappa shape index (κ2) is 6.36. The van der Waals surface area contributed by atoms with E-state index in [-0.39, 0.29) is 5.56 Å². The zero-order valence-electron chi connectivity index (χ0n) is 10.4. The normalized spacial score (nSPS) is 10.3. The number of nitrogens with zero attached hydrogens (tertiary/aromatic N) is 1. The second-order valence-electron chi connectivity index (χ2n) is 4.17. The van der Waals surface area contributed by atoms with Crippen LogP contribution >= 0.6 is 11.6 Å². The molecule has 0 spiro atoms. The number of hydrogen-bond acceptors (Lipinski definition) is 2. The minimum atomic E-state index is -2.47. The van der Waals surface area contributed by atoms with E-state index in [1.54, 1.807) is 30.3 Å². The topological polar surface area (TPSA) is 35.8 Å². The summed E-state index contributed by atoms with van der Waals surface area (Å²) in [5.74, 6) is 0. The molecule has 20 heavy (non-hydrogen) atoms. The minimum Gasteiger partial charge on any atom is -0.379 e. The summed E-state index contributed by atoms with van der Waals surface area (Å²) in [6, 6.07) is 13.1. The predicted molar refractivity (Wildman–Crippen MR) is 74.9 cm³/mol. The third-order valence-electron chi connectivity index (χ3n) is 2.84. The highest BCUT2D eigenvalue weighted by atomic mass is 35.5.